The molecule has 11 heteroatoms. The molecule has 1 atom stereocenters. The maximum Gasteiger partial charge on any atom is 0.387 e. The van der Waals surface area contributed by atoms with E-state index >= 15 is 0 Å². The third kappa shape index (κ3) is 8.79. The summed E-state index contributed by atoms with van der Waals surface area (Å²) >= 11 is 12.8. The lowest BCUT2D eigenvalue weighted by atomic mass is 10.0. The highest BCUT2D eigenvalue weighted by atomic mass is 35.5. The Morgan fingerprint density at radius 3 is 2.38 bits per heavy atom. The van der Waals surface area contributed by atoms with Gasteiger partial charge in [-0.3, -0.25) is 9.59 Å². The maximum atomic E-state index is 13.0. The van der Waals surface area contributed by atoms with Crippen molar-refractivity contribution >= 4 is 40.8 Å². The number of pyridine rings is 1. The Hall–Kier alpha value is -3.43. The molecule has 2 N–H and O–H groups in total. The van der Waals surface area contributed by atoms with Crippen LogP contribution in [0.1, 0.15) is 49.0 Å². The second kappa shape index (κ2) is 13.8. The number of nitrogens with one attached hydrogen (secondary N) is 2. The molecule has 1 heterocycles. The molecule has 212 valence electrons. The van der Waals surface area contributed by atoms with E-state index in [1.54, 1.807) is 36.7 Å². The highest BCUT2D eigenvalue weighted by Crippen LogP contribution is 2.37. The van der Waals surface area contributed by atoms with Crippen molar-refractivity contribution in [3.05, 3.63) is 81.6 Å². The van der Waals surface area contributed by atoms with Gasteiger partial charge >= 0.3 is 12.6 Å². The molecular formula is C29H29Cl2F2N2O5+. The number of carbonyl (C=O) groups is 2. The zero-order valence-corrected chi connectivity index (χ0v) is 23.2. The summed E-state index contributed by atoms with van der Waals surface area (Å²) < 4.78 is 42.4. The third-order valence-corrected chi connectivity index (χ3v) is 6.95. The van der Waals surface area contributed by atoms with Gasteiger partial charge in [-0.1, -0.05) is 41.4 Å². The molecular weight excluding hydrogens is 565 g/mol. The van der Waals surface area contributed by atoms with E-state index < -0.39 is 18.7 Å². The summed E-state index contributed by atoms with van der Waals surface area (Å²) in [5, 5.41) is 3.41. The number of aromatic nitrogens is 1. The fourth-order valence-corrected chi connectivity index (χ4v) is 4.56. The highest BCUT2D eigenvalue weighted by Gasteiger charge is 2.26. The average Bonchev–Trinajstić information content (AvgIpc) is 3.73. The number of H-pyrrole nitrogens is 1. The number of rotatable bonds is 13. The number of alkyl halides is 2. The van der Waals surface area contributed by atoms with Crippen LogP contribution in [0, 0.1) is 5.92 Å². The molecule has 7 nitrogen and oxygen atoms in total. The Morgan fingerprint density at radius 1 is 1.05 bits per heavy atom. The van der Waals surface area contributed by atoms with Gasteiger partial charge in [0.05, 0.1) is 6.61 Å². The summed E-state index contributed by atoms with van der Waals surface area (Å²) in [5.41, 5.74) is 2.62. The summed E-state index contributed by atoms with van der Waals surface area (Å²) in [6.07, 6.45) is 4.96. The van der Waals surface area contributed by atoms with Crippen molar-refractivity contribution in [1.82, 2.24) is 0 Å². The molecule has 0 saturated heterocycles. The minimum absolute atomic E-state index is 0.0810. The fourth-order valence-electron chi connectivity index (χ4n) is 4.03. The topological polar surface area (TPSA) is 88.0 Å². The van der Waals surface area contributed by atoms with Crippen molar-refractivity contribution in [2.24, 2.45) is 5.92 Å². The second-order valence-corrected chi connectivity index (χ2v) is 10.3. The number of aryl methyl sites for hydroxylation is 1. The Kier molecular flexibility index (Phi) is 10.2. The van der Waals surface area contributed by atoms with Crippen LogP contribution in [0.4, 0.5) is 14.5 Å². The fraction of sp³-hybridized carbons (Fsp3) is 0.345. The van der Waals surface area contributed by atoms with Crippen LogP contribution in [0.3, 0.4) is 0 Å². The van der Waals surface area contributed by atoms with Crippen LogP contribution in [-0.4, -0.2) is 25.1 Å². The van der Waals surface area contributed by atoms with Gasteiger partial charge in [-0.2, -0.15) is 8.78 Å². The number of carbonyl (C=O) groups excluding carboxylic acids is 2. The molecule has 2 aromatic carbocycles. The lowest BCUT2D eigenvalue weighted by Crippen LogP contribution is -2.16. The summed E-state index contributed by atoms with van der Waals surface area (Å²) in [6.45, 7) is -1.22. The van der Waals surface area contributed by atoms with Gasteiger partial charge in [-0.15, -0.1) is 0 Å². The van der Waals surface area contributed by atoms with E-state index in [-0.39, 0.29) is 30.2 Å². The summed E-state index contributed by atoms with van der Waals surface area (Å²) in [5.74, 6) is -0.226. The smallest absolute Gasteiger partial charge is 0.387 e. The van der Waals surface area contributed by atoms with Crippen molar-refractivity contribution in [2.75, 3.05) is 11.9 Å². The molecule has 0 unspecified atom stereocenters. The van der Waals surface area contributed by atoms with E-state index in [1.165, 1.54) is 13.0 Å². The van der Waals surface area contributed by atoms with Gasteiger partial charge in [0.1, 0.15) is 16.1 Å². The summed E-state index contributed by atoms with van der Waals surface area (Å²) in [4.78, 5) is 27.1. The van der Waals surface area contributed by atoms with Gasteiger partial charge in [0.15, 0.2) is 23.9 Å². The number of esters is 1. The number of hydrogen-bond acceptors (Lipinski definition) is 5. The number of ether oxygens (including phenoxy) is 3. The van der Waals surface area contributed by atoms with Crippen LogP contribution in [-0.2, 0) is 27.2 Å². The van der Waals surface area contributed by atoms with Crippen molar-refractivity contribution in [3.63, 3.8) is 0 Å². The number of amides is 1. The van der Waals surface area contributed by atoms with Gasteiger partial charge in [-0.25, -0.2) is 4.98 Å². The molecule has 0 bridgehead atoms. The largest absolute Gasteiger partial charge is 0.489 e. The molecule has 0 spiro atoms. The Bertz CT molecular complexity index is 1320. The molecule has 1 fully saturated rings. The monoisotopic (exact) mass is 593 g/mol. The SMILES string of the molecule is CC(=O)Nc1ccc(CCC(=O)O[C@@H](Cc2c(Cl)c[nH+]cc2Cl)c2ccc(OC(F)F)c(OCC3CC3)c2)cc1. The van der Waals surface area contributed by atoms with Gasteiger partial charge in [0.2, 0.25) is 5.91 Å². The normalized spacial score (nSPS) is 13.6. The maximum absolute atomic E-state index is 13.0. The lowest BCUT2D eigenvalue weighted by Gasteiger charge is -2.21. The number of halogens is 4. The van der Waals surface area contributed by atoms with Crippen LogP contribution < -0.4 is 19.8 Å². The van der Waals surface area contributed by atoms with Gasteiger partial charge in [0.25, 0.3) is 0 Å². The Balaban J connectivity index is 1.53. The molecule has 1 aliphatic carbocycles. The van der Waals surface area contributed by atoms with E-state index in [1.807, 2.05) is 12.1 Å². The van der Waals surface area contributed by atoms with E-state index in [9.17, 15) is 18.4 Å². The standard InChI is InChI=1S/C29H28Cl2F2N2O5/c1-17(36)35-21-8-4-18(5-9-21)6-11-28(37)39-26(13-22-23(30)14-34-15-24(22)31)20-7-10-25(40-29(32)33)27(12-20)38-16-19-2-3-19/h4-5,7-10,12,14-15,19,26,29H,2-3,6,11,13,16H2,1H3,(H,35,36)/p+1/t26-/m0/s1. The Labute approximate surface area is 240 Å². The number of benzene rings is 2. The van der Waals surface area contributed by atoms with Crippen LogP contribution in [0.15, 0.2) is 54.9 Å². The minimum atomic E-state index is -3.02. The number of anilines is 1. The van der Waals surface area contributed by atoms with Crippen molar-refractivity contribution in [1.29, 1.82) is 0 Å². The molecule has 1 amide bonds. The summed E-state index contributed by atoms with van der Waals surface area (Å²) in [7, 11) is 0. The first-order valence-corrected chi connectivity index (χ1v) is 13.5. The van der Waals surface area contributed by atoms with E-state index in [4.69, 9.17) is 32.7 Å². The quantitative estimate of drug-likeness (QED) is 0.225. The average molecular weight is 594 g/mol. The predicted octanol–water partition coefficient (Wildman–Crippen LogP) is 6.62. The molecule has 0 aliphatic heterocycles. The summed E-state index contributed by atoms with van der Waals surface area (Å²) in [6, 6.07) is 11.6. The van der Waals surface area contributed by atoms with Gasteiger partial charge in [0, 0.05) is 31.0 Å². The van der Waals surface area contributed by atoms with Crippen molar-refractivity contribution in [3.8, 4) is 11.5 Å². The van der Waals surface area contributed by atoms with Crippen molar-refractivity contribution in [2.45, 2.75) is 51.7 Å². The zero-order chi connectivity index (χ0) is 28.6. The van der Waals surface area contributed by atoms with E-state index in [0.29, 0.717) is 45.8 Å². The minimum Gasteiger partial charge on any atom is -0.489 e. The lowest BCUT2D eigenvalue weighted by molar-refractivity contribution is -0.377. The molecule has 3 aromatic rings. The van der Waals surface area contributed by atoms with E-state index in [2.05, 4.69) is 15.0 Å². The van der Waals surface area contributed by atoms with E-state index in [0.717, 1.165) is 18.4 Å². The number of aromatic amines is 1. The van der Waals surface area contributed by atoms with Gasteiger partial charge < -0.3 is 19.5 Å². The van der Waals surface area contributed by atoms with Crippen molar-refractivity contribution < 1.29 is 37.6 Å². The zero-order valence-electron chi connectivity index (χ0n) is 21.7. The first-order valence-electron chi connectivity index (χ1n) is 12.8. The van der Waals surface area contributed by atoms with Crippen LogP contribution in [0.25, 0.3) is 0 Å². The molecule has 1 saturated carbocycles. The molecule has 1 aliphatic rings. The second-order valence-electron chi connectivity index (χ2n) is 9.53. The first kappa shape index (κ1) is 29.6. The molecule has 1 aromatic heterocycles. The Morgan fingerprint density at radius 2 is 1.75 bits per heavy atom. The molecule has 40 heavy (non-hydrogen) atoms. The molecule has 4 rings (SSSR count). The molecule has 0 radical (unpaired) electrons. The third-order valence-electron chi connectivity index (χ3n) is 6.28. The van der Waals surface area contributed by atoms with Crippen LogP contribution in [0.2, 0.25) is 10.0 Å². The first-order chi connectivity index (χ1) is 19.2. The van der Waals surface area contributed by atoms with Crippen LogP contribution >= 0.6 is 23.2 Å². The predicted molar refractivity (Wildman–Crippen MR) is 146 cm³/mol. The highest BCUT2D eigenvalue weighted by molar-refractivity contribution is 6.35. The van der Waals surface area contributed by atoms with Gasteiger partial charge in [-0.05, 0) is 60.6 Å². The number of hydrogen-bond donors (Lipinski definition) is 1. The van der Waals surface area contributed by atoms with Crippen LogP contribution in [0.5, 0.6) is 11.5 Å².